The SMILES string of the molecule is N[C@H]1C[C@@H]1c1ccc(F)c(F)c1.O=C(O)[C@@H](O)c1ccccc1. The molecule has 23 heavy (non-hydrogen) atoms. The molecule has 0 unspecified atom stereocenters. The van der Waals surface area contributed by atoms with E-state index in [1.165, 1.54) is 6.07 Å². The van der Waals surface area contributed by atoms with Gasteiger partial charge in [-0.2, -0.15) is 0 Å². The van der Waals surface area contributed by atoms with E-state index in [-0.39, 0.29) is 12.0 Å². The van der Waals surface area contributed by atoms with Crippen LogP contribution in [-0.4, -0.2) is 22.2 Å². The highest BCUT2D eigenvalue weighted by Gasteiger charge is 2.35. The number of benzene rings is 2. The van der Waals surface area contributed by atoms with Gasteiger partial charge in [-0.25, -0.2) is 13.6 Å². The summed E-state index contributed by atoms with van der Waals surface area (Å²) in [7, 11) is 0. The fraction of sp³-hybridized carbons (Fsp3) is 0.235. The molecule has 0 saturated heterocycles. The zero-order valence-corrected chi connectivity index (χ0v) is 12.2. The Hall–Kier alpha value is -2.31. The quantitative estimate of drug-likeness (QED) is 0.811. The lowest BCUT2D eigenvalue weighted by molar-refractivity contribution is -0.146. The molecular weight excluding hydrogens is 304 g/mol. The summed E-state index contributed by atoms with van der Waals surface area (Å²) in [4.78, 5) is 10.2. The van der Waals surface area contributed by atoms with E-state index in [9.17, 15) is 13.6 Å². The van der Waals surface area contributed by atoms with Crippen molar-refractivity contribution in [2.45, 2.75) is 24.5 Å². The maximum atomic E-state index is 12.7. The number of rotatable bonds is 3. The summed E-state index contributed by atoms with van der Waals surface area (Å²) in [5, 5.41) is 17.4. The molecule has 1 aliphatic rings. The van der Waals surface area contributed by atoms with Crippen molar-refractivity contribution in [2.24, 2.45) is 5.73 Å². The molecule has 0 aliphatic heterocycles. The Morgan fingerprint density at radius 2 is 1.74 bits per heavy atom. The van der Waals surface area contributed by atoms with E-state index in [1.807, 2.05) is 0 Å². The standard InChI is InChI=1S/C9H9F2N.C8H8O3/c10-7-2-1-5(3-8(7)11)6-4-9(6)12;9-7(8(10)11)6-4-2-1-3-5-6/h1-3,6,9H,4,12H2;1-5,7,9H,(H,10,11)/t6-,9+;7-/m10/s1. The lowest BCUT2D eigenvalue weighted by atomic mass is 10.1. The zero-order valence-electron chi connectivity index (χ0n) is 12.2. The molecule has 3 atom stereocenters. The highest BCUT2D eigenvalue weighted by molar-refractivity contribution is 5.73. The molecule has 4 nitrogen and oxygen atoms in total. The first-order chi connectivity index (χ1) is 10.9. The fourth-order valence-electron chi connectivity index (χ4n) is 2.12. The molecule has 0 bridgehead atoms. The number of hydrogen-bond acceptors (Lipinski definition) is 3. The normalized spacial score (nSPS) is 20.2. The Morgan fingerprint density at radius 1 is 1.13 bits per heavy atom. The van der Waals surface area contributed by atoms with Crippen molar-refractivity contribution in [3.05, 3.63) is 71.3 Å². The van der Waals surface area contributed by atoms with Gasteiger partial charge in [0, 0.05) is 12.0 Å². The van der Waals surface area contributed by atoms with Crippen molar-refractivity contribution in [1.82, 2.24) is 0 Å². The second-order valence-electron chi connectivity index (χ2n) is 5.33. The van der Waals surface area contributed by atoms with Crippen molar-refractivity contribution >= 4 is 5.97 Å². The second kappa shape index (κ2) is 7.30. The smallest absolute Gasteiger partial charge is 0.337 e. The Labute approximate surface area is 132 Å². The Morgan fingerprint density at radius 3 is 2.22 bits per heavy atom. The Bertz CT molecular complexity index is 679. The van der Waals surface area contributed by atoms with Crippen molar-refractivity contribution in [3.8, 4) is 0 Å². The van der Waals surface area contributed by atoms with E-state index in [4.69, 9.17) is 15.9 Å². The van der Waals surface area contributed by atoms with Crippen LogP contribution >= 0.6 is 0 Å². The first-order valence-corrected chi connectivity index (χ1v) is 7.06. The zero-order chi connectivity index (χ0) is 17.0. The number of hydrogen-bond donors (Lipinski definition) is 3. The van der Waals surface area contributed by atoms with Crippen LogP contribution in [0.4, 0.5) is 8.78 Å². The maximum absolute atomic E-state index is 12.7. The number of carboxylic acids is 1. The minimum Gasteiger partial charge on any atom is -0.479 e. The third-order valence-electron chi connectivity index (χ3n) is 3.56. The molecule has 1 fully saturated rings. The van der Waals surface area contributed by atoms with Gasteiger partial charge in [-0.05, 0) is 29.7 Å². The van der Waals surface area contributed by atoms with Crippen LogP contribution in [0.2, 0.25) is 0 Å². The van der Waals surface area contributed by atoms with E-state index in [1.54, 1.807) is 36.4 Å². The highest BCUT2D eigenvalue weighted by atomic mass is 19.2. The number of aliphatic carboxylic acids is 1. The van der Waals surface area contributed by atoms with Crippen LogP contribution in [-0.2, 0) is 4.79 Å². The van der Waals surface area contributed by atoms with Crippen LogP contribution < -0.4 is 5.73 Å². The molecule has 1 aliphatic carbocycles. The predicted molar refractivity (Wildman–Crippen MR) is 80.7 cm³/mol. The number of halogens is 2. The Balaban J connectivity index is 0.000000168. The van der Waals surface area contributed by atoms with Gasteiger partial charge in [0.2, 0.25) is 0 Å². The molecule has 2 aromatic carbocycles. The van der Waals surface area contributed by atoms with Crippen molar-refractivity contribution in [2.75, 3.05) is 0 Å². The van der Waals surface area contributed by atoms with E-state index < -0.39 is 23.7 Å². The molecule has 1 saturated carbocycles. The summed E-state index contributed by atoms with van der Waals surface area (Å²) in [6.45, 7) is 0. The molecule has 4 N–H and O–H groups in total. The average molecular weight is 321 g/mol. The summed E-state index contributed by atoms with van der Waals surface area (Å²) < 4.78 is 25.2. The van der Waals surface area contributed by atoms with Crippen LogP contribution in [0.3, 0.4) is 0 Å². The molecule has 0 spiro atoms. The topological polar surface area (TPSA) is 83.6 Å². The van der Waals surface area contributed by atoms with Gasteiger partial charge in [-0.3, -0.25) is 0 Å². The van der Waals surface area contributed by atoms with Gasteiger partial charge in [0.25, 0.3) is 0 Å². The fourth-order valence-corrected chi connectivity index (χ4v) is 2.12. The monoisotopic (exact) mass is 321 g/mol. The van der Waals surface area contributed by atoms with Gasteiger partial charge in [0.05, 0.1) is 0 Å². The molecular formula is C17H17F2NO3. The summed E-state index contributed by atoms with van der Waals surface area (Å²) in [5.74, 6) is -2.57. The van der Waals surface area contributed by atoms with Gasteiger partial charge in [-0.15, -0.1) is 0 Å². The number of aliphatic hydroxyl groups excluding tert-OH is 1. The summed E-state index contributed by atoms with van der Waals surface area (Å²) in [6, 6.07) is 12.4. The number of nitrogens with two attached hydrogens (primary N) is 1. The predicted octanol–water partition coefficient (Wildman–Crippen LogP) is 2.58. The van der Waals surface area contributed by atoms with E-state index in [0.717, 1.165) is 18.1 Å². The minimum absolute atomic E-state index is 0.134. The molecule has 3 rings (SSSR count). The summed E-state index contributed by atoms with van der Waals surface area (Å²) in [6.07, 6.45) is -0.526. The molecule has 6 heteroatoms. The molecule has 0 amide bonds. The molecule has 0 aromatic heterocycles. The van der Waals surface area contributed by atoms with E-state index >= 15 is 0 Å². The first kappa shape index (κ1) is 17.1. The van der Waals surface area contributed by atoms with Crippen LogP contribution in [0.5, 0.6) is 0 Å². The molecule has 122 valence electrons. The van der Waals surface area contributed by atoms with Gasteiger partial charge >= 0.3 is 5.97 Å². The lowest BCUT2D eigenvalue weighted by Gasteiger charge is -2.03. The van der Waals surface area contributed by atoms with E-state index in [2.05, 4.69) is 0 Å². The van der Waals surface area contributed by atoms with Crippen molar-refractivity contribution in [1.29, 1.82) is 0 Å². The summed E-state index contributed by atoms with van der Waals surface area (Å²) >= 11 is 0. The van der Waals surface area contributed by atoms with Crippen LogP contribution in [0.25, 0.3) is 0 Å². The second-order valence-corrected chi connectivity index (χ2v) is 5.33. The van der Waals surface area contributed by atoms with Gasteiger partial charge in [0.1, 0.15) is 0 Å². The Kier molecular flexibility index (Phi) is 5.41. The van der Waals surface area contributed by atoms with Crippen LogP contribution in [0, 0.1) is 11.6 Å². The van der Waals surface area contributed by atoms with Gasteiger partial charge in [-0.1, -0.05) is 36.4 Å². The number of aliphatic hydroxyl groups is 1. The van der Waals surface area contributed by atoms with Crippen molar-refractivity contribution < 1.29 is 23.8 Å². The van der Waals surface area contributed by atoms with Crippen LogP contribution in [0.15, 0.2) is 48.5 Å². The highest BCUT2D eigenvalue weighted by Crippen LogP contribution is 2.39. The largest absolute Gasteiger partial charge is 0.479 e. The summed E-state index contributed by atoms with van der Waals surface area (Å²) in [5.41, 5.74) is 6.78. The third kappa shape index (κ3) is 4.58. The number of carbonyl (C=O) groups is 1. The number of carboxylic acid groups (broad SMARTS) is 1. The minimum atomic E-state index is -1.41. The average Bonchev–Trinajstić information content (AvgIpc) is 3.27. The van der Waals surface area contributed by atoms with E-state index in [0.29, 0.717) is 5.56 Å². The van der Waals surface area contributed by atoms with Gasteiger partial charge in [0.15, 0.2) is 17.7 Å². The van der Waals surface area contributed by atoms with Gasteiger partial charge < -0.3 is 15.9 Å². The third-order valence-corrected chi connectivity index (χ3v) is 3.56. The van der Waals surface area contributed by atoms with Crippen molar-refractivity contribution in [3.63, 3.8) is 0 Å². The van der Waals surface area contributed by atoms with Crippen LogP contribution in [0.1, 0.15) is 29.6 Å². The first-order valence-electron chi connectivity index (χ1n) is 7.06. The molecule has 0 radical (unpaired) electrons. The maximum Gasteiger partial charge on any atom is 0.337 e. The molecule has 0 heterocycles. The lowest BCUT2D eigenvalue weighted by Crippen LogP contribution is -2.09. The molecule has 2 aromatic rings.